The molecule has 0 radical (unpaired) electrons. The monoisotopic (exact) mass is 260 g/mol. The third-order valence-electron chi connectivity index (χ3n) is 2.29. The van der Waals surface area contributed by atoms with E-state index in [1.807, 2.05) is 18.2 Å². The van der Waals surface area contributed by atoms with Crippen molar-refractivity contribution in [1.29, 1.82) is 0 Å². The minimum Gasteiger partial charge on any atom is -0.396 e. The summed E-state index contributed by atoms with van der Waals surface area (Å²) in [7, 11) is 0. The molecule has 1 aromatic rings. The molecule has 1 aromatic carbocycles. The Labute approximate surface area is 106 Å². The number of halogens is 1. The SMILES string of the molecule is CC(CCO)Sc1ccc(C(C)O)c(Cl)c1. The Balaban J connectivity index is 2.73. The van der Waals surface area contributed by atoms with Crippen LogP contribution in [0, 0.1) is 0 Å². The first-order chi connectivity index (χ1) is 7.54. The molecule has 0 bridgehead atoms. The minimum absolute atomic E-state index is 0.202. The van der Waals surface area contributed by atoms with Gasteiger partial charge in [-0.3, -0.25) is 0 Å². The van der Waals surface area contributed by atoms with E-state index in [4.69, 9.17) is 16.7 Å². The summed E-state index contributed by atoms with van der Waals surface area (Å²) < 4.78 is 0. The number of aliphatic hydroxyl groups excluding tert-OH is 2. The van der Waals surface area contributed by atoms with Crippen LogP contribution < -0.4 is 0 Å². The zero-order valence-corrected chi connectivity index (χ0v) is 11.1. The first-order valence-electron chi connectivity index (χ1n) is 5.29. The Morgan fingerprint density at radius 2 is 2.06 bits per heavy atom. The second kappa shape index (κ2) is 6.50. The molecule has 0 saturated carbocycles. The smallest absolute Gasteiger partial charge is 0.0776 e. The molecule has 2 nitrogen and oxygen atoms in total. The molecule has 0 saturated heterocycles. The summed E-state index contributed by atoms with van der Waals surface area (Å²) in [5, 5.41) is 19.2. The number of benzene rings is 1. The predicted molar refractivity (Wildman–Crippen MR) is 69.1 cm³/mol. The highest BCUT2D eigenvalue weighted by molar-refractivity contribution is 7.99. The van der Waals surface area contributed by atoms with Gasteiger partial charge in [0, 0.05) is 21.8 Å². The molecule has 2 N–H and O–H groups in total. The second-order valence-corrected chi connectivity index (χ2v) is 5.72. The van der Waals surface area contributed by atoms with Gasteiger partial charge in [0.1, 0.15) is 0 Å². The quantitative estimate of drug-likeness (QED) is 0.799. The van der Waals surface area contributed by atoms with Gasteiger partial charge in [0.25, 0.3) is 0 Å². The van der Waals surface area contributed by atoms with Crippen molar-refractivity contribution in [3.05, 3.63) is 28.8 Å². The van der Waals surface area contributed by atoms with Crippen LogP contribution in [0.1, 0.15) is 31.9 Å². The van der Waals surface area contributed by atoms with Gasteiger partial charge in [-0.1, -0.05) is 24.6 Å². The van der Waals surface area contributed by atoms with E-state index in [0.29, 0.717) is 10.3 Å². The van der Waals surface area contributed by atoms with Crippen molar-refractivity contribution in [2.24, 2.45) is 0 Å². The van der Waals surface area contributed by atoms with Crippen LogP contribution in [0.25, 0.3) is 0 Å². The molecule has 16 heavy (non-hydrogen) atoms. The predicted octanol–water partition coefficient (Wildman–Crippen LogP) is 3.26. The van der Waals surface area contributed by atoms with E-state index in [9.17, 15) is 5.11 Å². The van der Waals surface area contributed by atoms with Gasteiger partial charge >= 0.3 is 0 Å². The standard InChI is InChI=1S/C12H17ClO2S/c1-8(5-6-14)16-10-3-4-11(9(2)15)12(13)7-10/h3-4,7-9,14-15H,5-6H2,1-2H3. The number of rotatable bonds is 5. The van der Waals surface area contributed by atoms with Gasteiger partial charge in [0.2, 0.25) is 0 Å². The number of thioether (sulfide) groups is 1. The normalized spacial score (nSPS) is 14.8. The van der Waals surface area contributed by atoms with Crippen molar-refractivity contribution in [3.63, 3.8) is 0 Å². The van der Waals surface area contributed by atoms with E-state index in [1.54, 1.807) is 18.7 Å². The molecule has 2 unspecified atom stereocenters. The number of aliphatic hydroxyl groups is 2. The van der Waals surface area contributed by atoms with E-state index >= 15 is 0 Å². The highest BCUT2D eigenvalue weighted by Gasteiger charge is 2.09. The fourth-order valence-electron chi connectivity index (χ4n) is 1.39. The van der Waals surface area contributed by atoms with E-state index < -0.39 is 6.10 Å². The van der Waals surface area contributed by atoms with Crippen molar-refractivity contribution in [2.45, 2.75) is 36.5 Å². The lowest BCUT2D eigenvalue weighted by molar-refractivity contribution is 0.199. The fourth-order valence-corrected chi connectivity index (χ4v) is 2.82. The van der Waals surface area contributed by atoms with Gasteiger partial charge < -0.3 is 10.2 Å². The van der Waals surface area contributed by atoms with Gasteiger partial charge in [0.05, 0.1) is 6.10 Å². The molecule has 0 heterocycles. The topological polar surface area (TPSA) is 40.5 Å². The van der Waals surface area contributed by atoms with Crippen molar-refractivity contribution >= 4 is 23.4 Å². The first kappa shape index (κ1) is 13.8. The molecule has 0 amide bonds. The van der Waals surface area contributed by atoms with E-state index in [-0.39, 0.29) is 6.61 Å². The Morgan fingerprint density at radius 3 is 2.56 bits per heavy atom. The van der Waals surface area contributed by atoms with Crippen LogP contribution in [-0.4, -0.2) is 22.1 Å². The van der Waals surface area contributed by atoms with Crippen LogP contribution in [0.5, 0.6) is 0 Å². The summed E-state index contributed by atoms with van der Waals surface area (Å²) in [4.78, 5) is 1.07. The Kier molecular flexibility index (Phi) is 5.62. The lowest BCUT2D eigenvalue weighted by Gasteiger charge is -2.12. The minimum atomic E-state index is -0.540. The van der Waals surface area contributed by atoms with Crippen LogP contribution in [0.3, 0.4) is 0 Å². The summed E-state index contributed by atoms with van der Waals surface area (Å²) >= 11 is 7.74. The summed E-state index contributed by atoms with van der Waals surface area (Å²) in [5.41, 5.74) is 0.751. The summed E-state index contributed by atoms with van der Waals surface area (Å²) in [6.45, 7) is 3.97. The molecule has 0 aliphatic heterocycles. The molecular formula is C12H17ClO2S. The number of hydrogen-bond donors (Lipinski definition) is 2. The third-order valence-corrected chi connectivity index (χ3v) is 3.79. The van der Waals surface area contributed by atoms with Crippen molar-refractivity contribution < 1.29 is 10.2 Å². The van der Waals surface area contributed by atoms with Gasteiger partial charge in [-0.2, -0.15) is 0 Å². The lowest BCUT2D eigenvalue weighted by atomic mass is 10.1. The van der Waals surface area contributed by atoms with Crippen LogP contribution in [-0.2, 0) is 0 Å². The highest BCUT2D eigenvalue weighted by Crippen LogP contribution is 2.31. The third kappa shape index (κ3) is 3.98. The van der Waals surface area contributed by atoms with Crippen LogP contribution in [0.15, 0.2) is 23.1 Å². The summed E-state index contributed by atoms with van der Waals surface area (Å²) in [6.07, 6.45) is 0.224. The average Bonchev–Trinajstić information content (AvgIpc) is 2.17. The Bertz CT molecular complexity index is 342. The molecule has 0 aromatic heterocycles. The van der Waals surface area contributed by atoms with Crippen LogP contribution in [0.4, 0.5) is 0 Å². The molecule has 0 fully saturated rings. The Morgan fingerprint density at radius 1 is 1.38 bits per heavy atom. The zero-order chi connectivity index (χ0) is 12.1. The largest absolute Gasteiger partial charge is 0.396 e. The molecule has 0 aliphatic carbocycles. The first-order valence-corrected chi connectivity index (χ1v) is 6.55. The second-order valence-electron chi connectivity index (χ2n) is 3.80. The molecule has 2 atom stereocenters. The van der Waals surface area contributed by atoms with Crippen LogP contribution >= 0.6 is 23.4 Å². The lowest BCUT2D eigenvalue weighted by Crippen LogP contribution is -1.99. The van der Waals surface area contributed by atoms with Gasteiger partial charge in [-0.15, -0.1) is 11.8 Å². The van der Waals surface area contributed by atoms with Gasteiger partial charge in [0.15, 0.2) is 0 Å². The molecule has 0 aliphatic rings. The fraction of sp³-hybridized carbons (Fsp3) is 0.500. The summed E-state index contributed by atoms with van der Waals surface area (Å²) in [6, 6.07) is 5.66. The maximum atomic E-state index is 9.44. The molecule has 1 rings (SSSR count). The maximum Gasteiger partial charge on any atom is 0.0776 e. The van der Waals surface area contributed by atoms with Crippen molar-refractivity contribution in [3.8, 4) is 0 Å². The molecule has 90 valence electrons. The highest BCUT2D eigenvalue weighted by atomic mass is 35.5. The van der Waals surface area contributed by atoms with Crippen LogP contribution in [0.2, 0.25) is 5.02 Å². The molecule has 0 spiro atoms. The van der Waals surface area contributed by atoms with Gasteiger partial charge in [-0.05, 0) is 31.0 Å². The van der Waals surface area contributed by atoms with E-state index in [2.05, 4.69) is 6.92 Å². The van der Waals surface area contributed by atoms with Crippen molar-refractivity contribution in [2.75, 3.05) is 6.61 Å². The van der Waals surface area contributed by atoms with Gasteiger partial charge in [-0.25, -0.2) is 0 Å². The average molecular weight is 261 g/mol. The summed E-state index contributed by atoms with van der Waals surface area (Å²) in [5.74, 6) is 0. The zero-order valence-electron chi connectivity index (χ0n) is 9.48. The van der Waals surface area contributed by atoms with Crippen molar-refractivity contribution in [1.82, 2.24) is 0 Å². The molecule has 4 heteroatoms. The Hall–Kier alpha value is -0.220. The van der Waals surface area contributed by atoms with E-state index in [0.717, 1.165) is 16.9 Å². The maximum absolute atomic E-state index is 9.44. The van der Waals surface area contributed by atoms with E-state index in [1.165, 1.54) is 0 Å². The molecular weight excluding hydrogens is 244 g/mol. The number of hydrogen-bond acceptors (Lipinski definition) is 3.